The summed E-state index contributed by atoms with van der Waals surface area (Å²) in [5.74, 6) is 0.415. The largest absolute Gasteiger partial charge is 0.493 e. The molecule has 6 nitrogen and oxygen atoms in total. The second kappa shape index (κ2) is 8.43. The number of rotatable bonds is 6. The Bertz CT molecular complexity index is 973. The fourth-order valence-electron chi connectivity index (χ4n) is 3.75. The molecule has 1 aliphatic carbocycles. The summed E-state index contributed by atoms with van der Waals surface area (Å²) in [6.45, 7) is 2.43. The van der Waals surface area contributed by atoms with Gasteiger partial charge in [0.1, 0.15) is 11.6 Å². The molecule has 1 aromatic heterocycles. The summed E-state index contributed by atoms with van der Waals surface area (Å²) >= 11 is 0. The molecule has 0 spiro atoms. The highest BCUT2D eigenvalue weighted by Crippen LogP contribution is 2.27. The molecule has 0 saturated heterocycles. The molecule has 0 radical (unpaired) electrons. The highest BCUT2D eigenvalue weighted by molar-refractivity contribution is 5.98. The van der Waals surface area contributed by atoms with E-state index in [1.54, 1.807) is 24.5 Å². The van der Waals surface area contributed by atoms with E-state index in [4.69, 9.17) is 4.74 Å². The van der Waals surface area contributed by atoms with Crippen LogP contribution in [-0.4, -0.2) is 33.5 Å². The van der Waals surface area contributed by atoms with Gasteiger partial charge in [0, 0.05) is 12.0 Å². The minimum Gasteiger partial charge on any atom is -0.493 e. The van der Waals surface area contributed by atoms with Gasteiger partial charge in [-0.05, 0) is 56.2 Å². The van der Waals surface area contributed by atoms with Gasteiger partial charge in [0.25, 0.3) is 5.91 Å². The summed E-state index contributed by atoms with van der Waals surface area (Å²) in [5.41, 5.74) is 2.19. The standard InChI is InChI=1S/C22H23FN4O2/c1-15-5-10-21(27-24-11-12-25-27)19(13-15)22(28)26-20-4-2-3-16(20)14-29-18-8-6-17(23)7-9-18/h5-13,16,20H,2-4,14H2,1H3,(H,26,28)/t16-,20+/m1/s1. The van der Waals surface area contributed by atoms with Gasteiger partial charge < -0.3 is 10.1 Å². The van der Waals surface area contributed by atoms with Gasteiger partial charge in [-0.15, -0.1) is 0 Å². The average molecular weight is 394 g/mol. The van der Waals surface area contributed by atoms with Crippen LogP contribution in [0.2, 0.25) is 0 Å². The van der Waals surface area contributed by atoms with Crippen molar-refractivity contribution in [3.05, 3.63) is 71.8 Å². The van der Waals surface area contributed by atoms with E-state index >= 15 is 0 Å². The van der Waals surface area contributed by atoms with Crippen LogP contribution in [0.25, 0.3) is 5.69 Å². The monoisotopic (exact) mass is 394 g/mol. The smallest absolute Gasteiger partial charge is 0.253 e. The first kappa shape index (κ1) is 19.1. The first-order chi connectivity index (χ1) is 14.1. The zero-order valence-electron chi connectivity index (χ0n) is 16.2. The maximum atomic E-state index is 13.1. The minimum atomic E-state index is -0.288. The third-order valence-corrected chi connectivity index (χ3v) is 5.28. The molecule has 2 atom stereocenters. The highest BCUT2D eigenvalue weighted by Gasteiger charge is 2.30. The molecule has 1 amide bonds. The van der Waals surface area contributed by atoms with Crippen molar-refractivity contribution in [2.45, 2.75) is 32.2 Å². The van der Waals surface area contributed by atoms with Gasteiger partial charge in [-0.3, -0.25) is 4.79 Å². The maximum absolute atomic E-state index is 13.1. The lowest BCUT2D eigenvalue weighted by molar-refractivity contribution is 0.0918. The van der Waals surface area contributed by atoms with Crippen LogP contribution in [0.4, 0.5) is 4.39 Å². The van der Waals surface area contributed by atoms with Crippen molar-refractivity contribution < 1.29 is 13.9 Å². The summed E-state index contributed by atoms with van der Waals surface area (Å²) in [6.07, 6.45) is 6.09. The van der Waals surface area contributed by atoms with E-state index in [-0.39, 0.29) is 23.7 Å². The van der Waals surface area contributed by atoms with Crippen LogP contribution in [0.1, 0.15) is 35.2 Å². The van der Waals surface area contributed by atoms with Gasteiger partial charge in [-0.25, -0.2) is 4.39 Å². The number of benzene rings is 2. The minimum absolute atomic E-state index is 0.0295. The molecule has 1 saturated carbocycles. The van der Waals surface area contributed by atoms with Crippen molar-refractivity contribution in [1.29, 1.82) is 0 Å². The molecule has 0 unspecified atom stereocenters. The lowest BCUT2D eigenvalue weighted by Crippen LogP contribution is -2.39. The molecule has 29 heavy (non-hydrogen) atoms. The second-order valence-electron chi connectivity index (χ2n) is 7.37. The quantitative estimate of drug-likeness (QED) is 0.692. The van der Waals surface area contributed by atoms with Crippen LogP contribution >= 0.6 is 0 Å². The van der Waals surface area contributed by atoms with Crippen molar-refractivity contribution in [3.63, 3.8) is 0 Å². The van der Waals surface area contributed by atoms with E-state index in [1.165, 1.54) is 16.9 Å². The molecule has 3 aromatic rings. The third-order valence-electron chi connectivity index (χ3n) is 5.28. The molecule has 0 aliphatic heterocycles. The number of hydrogen-bond donors (Lipinski definition) is 1. The SMILES string of the molecule is Cc1ccc(-n2nccn2)c(C(=O)N[C@H]2CCC[C@@H]2COc2ccc(F)cc2)c1. The lowest BCUT2D eigenvalue weighted by atomic mass is 10.0. The Kier molecular flexibility index (Phi) is 5.55. The number of nitrogens with zero attached hydrogens (tertiary/aromatic N) is 3. The Morgan fingerprint density at radius 1 is 1.17 bits per heavy atom. The summed E-state index contributed by atoms with van der Waals surface area (Å²) in [5, 5.41) is 11.5. The number of nitrogens with one attached hydrogen (secondary N) is 1. The Balaban J connectivity index is 1.45. The molecule has 0 bridgehead atoms. The number of halogens is 1. The molecule has 1 N–H and O–H groups in total. The van der Waals surface area contributed by atoms with Crippen LogP contribution in [0.3, 0.4) is 0 Å². The van der Waals surface area contributed by atoms with E-state index in [1.807, 2.05) is 25.1 Å². The molecule has 1 fully saturated rings. The van der Waals surface area contributed by atoms with Crippen LogP contribution in [0, 0.1) is 18.7 Å². The zero-order chi connectivity index (χ0) is 20.2. The van der Waals surface area contributed by atoms with E-state index in [0.717, 1.165) is 24.8 Å². The van der Waals surface area contributed by atoms with Crippen molar-refractivity contribution in [2.75, 3.05) is 6.61 Å². The number of ether oxygens (including phenoxy) is 1. The van der Waals surface area contributed by atoms with Crippen LogP contribution in [0.5, 0.6) is 5.75 Å². The van der Waals surface area contributed by atoms with Gasteiger partial charge in [0.15, 0.2) is 0 Å². The molecule has 2 aromatic carbocycles. The van der Waals surface area contributed by atoms with Crippen molar-refractivity contribution in [2.24, 2.45) is 5.92 Å². The topological polar surface area (TPSA) is 69.0 Å². The number of carbonyl (C=O) groups is 1. The number of hydrogen-bond acceptors (Lipinski definition) is 4. The Morgan fingerprint density at radius 3 is 2.69 bits per heavy atom. The molecule has 7 heteroatoms. The second-order valence-corrected chi connectivity index (χ2v) is 7.37. The summed E-state index contributed by atoms with van der Waals surface area (Å²) in [7, 11) is 0. The molecular weight excluding hydrogens is 371 g/mol. The average Bonchev–Trinajstić information content (AvgIpc) is 3.40. The van der Waals surface area contributed by atoms with Crippen LogP contribution in [0.15, 0.2) is 54.9 Å². The molecular formula is C22H23FN4O2. The summed E-state index contributed by atoms with van der Waals surface area (Å²) in [4.78, 5) is 14.5. The maximum Gasteiger partial charge on any atom is 0.253 e. The Hall–Kier alpha value is -3.22. The van der Waals surface area contributed by atoms with E-state index < -0.39 is 0 Å². The van der Waals surface area contributed by atoms with E-state index in [0.29, 0.717) is 23.6 Å². The number of aromatic nitrogens is 3. The normalized spacial score (nSPS) is 18.6. The Morgan fingerprint density at radius 2 is 1.93 bits per heavy atom. The molecule has 4 rings (SSSR count). The summed E-state index contributed by atoms with van der Waals surface area (Å²) < 4.78 is 18.9. The number of amides is 1. The predicted molar refractivity (Wildman–Crippen MR) is 107 cm³/mol. The van der Waals surface area contributed by atoms with Crippen LogP contribution in [-0.2, 0) is 0 Å². The highest BCUT2D eigenvalue weighted by atomic mass is 19.1. The fraction of sp³-hybridized carbons (Fsp3) is 0.318. The van der Waals surface area contributed by atoms with Gasteiger partial charge in [-0.1, -0.05) is 18.1 Å². The molecule has 1 heterocycles. The predicted octanol–water partition coefficient (Wildman–Crippen LogP) is 3.69. The first-order valence-electron chi connectivity index (χ1n) is 9.77. The zero-order valence-corrected chi connectivity index (χ0v) is 16.2. The van der Waals surface area contributed by atoms with E-state index in [9.17, 15) is 9.18 Å². The number of aryl methyl sites for hydroxylation is 1. The Labute approximate surface area is 168 Å². The number of carbonyl (C=O) groups excluding carboxylic acids is 1. The van der Waals surface area contributed by atoms with Gasteiger partial charge in [-0.2, -0.15) is 15.0 Å². The lowest BCUT2D eigenvalue weighted by Gasteiger charge is -2.22. The fourth-order valence-corrected chi connectivity index (χ4v) is 3.75. The van der Waals surface area contributed by atoms with Gasteiger partial charge >= 0.3 is 0 Å². The van der Waals surface area contributed by atoms with Gasteiger partial charge in [0.05, 0.1) is 30.3 Å². The van der Waals surface area contributed by atoms with Crippen molar-refractivity contribution in [3.8, 4) is 11.4 Å². The van der Waals surface area contributed by atoms with E-state index in [2.05, 4.69) is 15.5 Å². The van der Waals surface area contributed by atoms with Crippen LogP contribution < -0.4 is 10.1 Å². The first-order valence-corrected chi connectivity index (χ1v) is 9.77. The molecule has 150 valence electrons. The van der Waals surface area contributed by atoms with Crippen molar-refractivity contribution >= 4 is 5.91 Å². The summed E-state index contributed by atoms with van der Waals surface area (Å²) in [6, 6.07) is 11.7. The molecule has 1 aliphatic rings. The third kappa shape index (κ3) is 4.45. The van der Waals surface area contributed by atoms with Crippen molar-refractivity contribution in [1.82, 2.24) is 20.3 Å². The van der Waals surface area contributed by atoms with Gasteiger partial charge in [0.2, 0.25) is 0 Å².